The van der Waals surface area contributed by atoms with Crippen LogP contribution >= 0.6 is 0 Å². The summed E-state index contributed by atoms with van der Waals surface area (Å²) in [5, 5.41) is 15.3. The molecule has 0 spiro atoms. The lowest BCUT2D eigenvalue weighted by Crippen LogP contribution is -2.50. The molecular weight excluding hydrogens is 303 g/mol. The first-order valence-electron chi connectivity index (χ1n) is 6.76. The van der Waals surface area contributed by atoms with Gasteiger partial charge in [0.2, 0.25) is 0 Å². The number of hydrogen-bond acceptors (Lipinski definition) is 4. The number of rotatable bonds is 2. The number of aryl methyl sites for hydroxylation is 1. The standard InChI is InChI=1S/C13H16F3N3O3/c1-6-7(2)17-18-11(21)9(6)12(22)19-5-3-4-8(19)10(20)13(14,15)16/h8,10,20H,3-5H2,1-2H3,(H,18,21). The van der Waals surface area contributed by atoms with Gasteiger partial charge in [-0.15, -0.1) is 0 Å². The summed E-state index contributed by atoms with van der Waals surface area (Å²) < 4.78 is 38.1. The Hall–Kier alpha value is -1.90. The van der Waals surface area contributed by atoms with Gasteiger partial charge in [-0.25, -0.2) is 5.10 Å². The van der Waals surface area contributed by atoms with Gasteiger partial charge in [0.15, 0.2) is 6.10 Å². The average Bonchev–Trinajstić information content (AvgIpc) is 2.90. The summed E-state index contributed by atoms with van der Waals surface area (Å²) >= 11 is 0. The largest absolute Gasteiger partial charge is 0.416 e. The van der Waals surface area contributed by atoms with E-state index in [1.165, 1.54) is 6.92 Å². The maximum atomic E-state index is 12.7. The molecule has 2 unspecified atom stereocenters. The highest BCUT2D eigenvalue weighted by Gasteiger charge is 2.48. The fourth-order valence-electron chi connectivity index (χ4n) is 2.62. The number of nitrogens with one attached hydrogen (secondary N) is 1. The van der Waals surface area contributed by atoms with Gasteiger partial charge in [0.05, 0.1) is 11.7 Å². The number of aromatic amines is 1. The van der Waals surface area contributed by atoms with Gasteiger partial charge in [-0.2, -0.15) is 18.3 Å². The van der Waals surface area contributed by atoms with Crippen LogP contribution in [-0.4, -0.2) is 51.0 Å². The number of alkyl halides is 3. The van der Waals surface area contributed by atoms with Crippen molar-refractivity contribution in [3.8, 4) is 0 Å². The molecular formula is C13H16F3N3O3. The van der Waals surface area contributed by atoms with E-state index in [4.69, 9.17) is 0 Å². The van der Waals surface area contributed by atoms with Gasteiger partial charge in [-0.3, -0.25) is 9.59 Å². The minimum atomic E-state index is -4.82. The SMILES string of the molecule is Cc1n[nH]c(=O)c(C(=O)N2CCCC2C(O)C(F)(F)F)c1C. The smallest absolute Gasteiger partial charge is 0.382 e. The lowest BCUT2D eigenvalue weighted by atomic mass is 10.1. The Balaban J connectivity index is 2.37. The molecule has 0 saturated carbocycles. The maximum Gasteiger partial charge on any atom is 0.416 e. The fraction of sp³-hybridized carbons (Fsp3) is 0.615. The molecule has 0 bridgehead atoms. The second-order valence-corrected chi connectivity index (χ2v) is 5.33. The van der Waals surface area contributed by atoms with Crippen molar-refractivity contribution in [2.24, 2.45) is 0 Å². The molecule has 0 radical (unpaired) electrons. The quantitative estimate of drug-likeness (QED) is 0.848. The summed E-state index contributed by atoms with van der Waals surface area (Å²) in [6, 6.07) is -1.38. The van der Waals surface area contributed by atoms with Crippen molar-refractivity contribution >= 4 is 5.91 Å². The molecule has 0 aromatic carbocycles. The van der Waals surface area contributed by atoms with Crippen molar-refractivity contribution in [2.75, 3.05) is 6.54 Å². The normalized spacial score (nSPS) is 20.3. The highest BCUT2D eigenvalue weighted by Crippen LogP contribution is 2.31. The Morgan fingerprint density at radius 3 is 2.68 bits per heavy atom. The summed E-state index contributed by atoms with van der Waals surface area (Å²) in [5.41, 5.74) is -0.245. The molecule has 2 atom stereocenters. The molecule has 1 aromatic heterocycles. The number of halogens is 3. The van der Waals surface area contributed by atoms with Crippen LogP contribution in [-0.2, 0) is 0 Å². The lowest BCUT2D eigenvalue weighted by molar-refractivity contribution is -0.216. The number of aliphatic hydroxyl groups is 1. The van der Waals surface area contributed by atoms with E-state index in [9.17, 15) is 27.9 Å². The molecule has 22 heavy (non-hydrogen) atoms. The second kappa shape index (κ2) is 5.71. The van der Waals surface area contributed by atoms with Crippen molar-refractivity contribution in [2.45, 2.75) is 45.0 Å². The number of amides is 1. The molecule has 2 rings (SSSR count). The predicted molar refractivity (Wildman–Crippen MR) is 70.5 cm³/mol. The second-order valence-electron chi connectivity index (χ2n) is 5.33. The van der Waals surface area contributed by atoms with E-state index in [1.54, 1.807) is 6.92 Å². The van der Waals surface area contributed by atoms with Gasteiger partial charge in [-0.1, -0.05) is 0 Å². The van der Waals surface area contributed by atoms with Gasteiger partial charge in [-0.05, 0) is 32.3 Å². The molecule has 1 saturated heterocycles. The maximum absolute atomic E-state index is 12.7. The summed E-state index contributed by atoms with van der Waals surface area (Å²) in [6.45, 7) is 3.15. The van der Waals surface area contributed by atoms with E-state index in [0.29, 0.717) is 17.7 Å². The van der Waals surface area contributed by atoms with Crippen LogP contribution in [0.3, 0.4) is 0 Å². The molecule has 1 fully saturated rings. The van der Waals surface area contributed by atoms with E-state index < -0.39 is 29.8 Å². The third-order valence-electron chi connectivity index (χ3n) is 3.94. The van der Waals surface area contributed by atoms with Crippen LogP contribution in [0.1, 0.15) is 34.5 Å². The van der Waals surface area contributed by atoms with Crippen molar-refractivity contribution < 1.29 is 23.1 Å². The van der Waals surface area contributed by atoms with E-state index in [-0.39, 0.29) is 18.5 Å². The summed E-state index contributed by atoms with van der Waals surface area (Å²) in [6.07, 6.45) is -7.07. The minimum Gasteiger partial charge on any atom is -0.382 e. The van der Waals surface area contributed by atoms with E-state index in [0.717, 1.165) is 4.90 Å². The lowest BCUT2D eigenvalue weighted by Gasteiger charge is -2.30. The molecule has 1 aliphatic rings. The molecule has 2 heterocycles. The topological polar surface area (TPSA) is 86.3 Å². The third kappa shape index (κ3) is 2.85. The number of nitrogens with zero attached hydrogens (tertiary/aromatic N) is 2. The molecule has 2 N–H and O–H groups in total. The zero-order chi connectivity index (χ0) is 16.7. The van der Waals surface area contributed by atoms with E-state index in [2.05, 4.69) is 10.2 Å². The molecule has 0 aliphatic carbocycles. The average molecular weight is 319 g/mol. The van der Waals surface area contributed by atoms with E-state index in [1.807, 2.05) is 0 Å². The molecule has 1 amide bonds. The molecule has 9 heteroatoms. The number of carbonyl (C=O) groups is 1. The first-order chi connectivity index (χ1) is 10.1. The Kier molecular flexibility index (Phi) is 4.28. The van der Waals surface area contributed by atoms with Crippen LogP contribution in [0.4, 0.5) is 13.2 Å². The van der Waals surface area contributed by atoms with Crippen molar-refractivity contribution in [1.82, 2.24) is 15.1 Å². The summed E-state index contributed by atoms with van der Waals surface area (Å²) in [5.74, 6) is -0.810. The number of H-pyrrole nitrogens is 1. The Labute approximate surface area is 123 Å². The van der Waals surface area contributed by atoms with Crippen LogP contribution in [0.25, 0.3) is 0 Å². The van der Waals surface area contributed by atoms with Gasteiger partial charge < -0.3 is 10.0 Å². The predicted octanol–water partition coefficient (Wildman–Crippen LogP) is 0.915. The first-order valence-corrected chi connectivity index (χ1v) is 6.76. The highest BCUT2D eigenvalue weighted by molar-refractivity contribution is 5.95. The summed E-state index contributed by atoms with van der Waals surface area (Å²) in [4.78, 5) is 25.2. The van der Waals surface area contributed by atoms with Gasteiger partial charge in [0.25, 0.3) is 11.5 Å². The van der Waals surface area contributed by atoms with Crippen LogP contribution in [0.5, 0.6) is 0 Å². The number of aliphatic hydroxyl groups excluding tert-OH is 1. The fourth-order valence-corrected chi connectivity index (χ4v) is 2.62. The monoisotopic (exact) mass is 319 g/mol. The van der Waals surface area contributed by atoms with Crippen LogP contribution < -0.4 is 5.56 Å². The highest BCUT2D eigenvalue weighted by atomic mass is 19.4. The van der Waals surface area contributed by atoms with Crippen molar-refractivity contribution in [3.63, 3.8) is 0 Å². The van der Waals surface area contributed by atoms with Crippen LogP contribution in [0.2, 0.25) is 0 Å². The van der Waals surface area contributed by atoms with Gasteiger partial charge in [0, 0.05) is 6.54 Å². The first kappa shape index (κ1) is 16.5. The molecule has 6 nitrogen and oxygen atoms in total. The number of hydrogen-bond donors (Lipinski definition) is 2. The van der Waals surface area contributed by atoms with Gasteiger partial charge >= 0.3 is 6.18 Å². The third-order valence-corrected chi connectivity index (χ3v) is 3.94. The molecule has 1 aliphatic heterocycles. The van der Waals surface area contributed by atoms with Crippen molar-refractivity contribution in [3.05, 3.63) is 27.2 Å². The Morgan fingerprint density at radius 2 is 2.09 bits per heavy atom. The van der Waals surface area contributed by atoms with Crippen molar-refractivity contribution in [1.29, 1.82) is 0 Å². The Bertz CT molecular complexity index is 642. The Morgan fingerprint density at radius 1 is 1.45 bits per heavy atom. The number of likely N-dealkylation sites (tertiary alicyclic amines) is 1. The number of carbonyl (C=O) groups excluding carboxylic acids is 1. The molecule has 1 aromatic rings. The zero-order valence-corrected chi connectivity index (χ0v) is 12.1. The van der Waals surface area contributed by atoms with Crippen LogP contribution in [0, 0.1) is 13.8 Å². The van der Waals surface area contributed by atoms with Crippen LogP contribution in [0.15, 0.2) is 4.79 Å². The zero-order valence-electron chi connectivity index (χ0n) is 12.1. The minimum absolute atomic E-state index is 0.0352. The molecule has 122 valence electrons. The van der Waals surface area contributed by atoms with E-state index >= 15 is 0 Å². The summed E-state index contributed by atoms with van der Waals surface area (Å²) in [7, 11) is 0. The van der Waals surface area contributed by atoms with Gasteiger partial charge in [0.1, 0.15) is 5.56 Å². The number of aromatic nitrogens is 2.